The first-order valence-corrected chi connectivity index (χ1v) is 7.18. The predicted octanol–water partition coefficient (Wildman–Crippen LogP) is 2.78. The summed E-state index contributed by atoms with van der Waals surface area (Å²) in [5, 5.41) is 3.85. The number of nitrogens with one attached hydrogen (secondary N) is 1. The zero-order chi connectivity index (χ0) is 11.6. The lowest BCUT2D eigenvalue weighted by Gasteiger charge is -2.38. The monoisotopic (exact) mass is 224 g/mol. The van der Waals surface area contributed by atoms with E-state index in [1.807, 2.05) is 0 Å². The van der Waals surface area contributed by atoms with Crippen LogP contribution in [-0.4, -0.2) is 35.6 Å². The van der Waals surface area contributed by atoms with Gasteiger partial charge in [0.25, 0.3) is 0 Å². The molecule has 2 unspecified atom stereocenters. The van der Waals surface area contributed by atoms with Crippen LogP contribution in [0.25, 0.3) is 0 Å². The van der Waals surface area contributed by atoms with E-state index >= 15 is 0 Å². The summed E-state index contributed by atoms with van der Waals surface area (Å²) < 4.78 is 0. The minimum Gasteiger partial charge on any atom is -0.310 e. The van der Waals surface area contributed by atoms with Gasteiger partial charge in [-0.15, -0.1) is 0 Å². The van der Waals surface area contributed by atoms with Gasteiger partial charge in [0.2, 0.25) is 0 Å². The van der Waals surface area contributed by atoms with Crippen molar-refractivity contribution in [1.29, 1.82) is 0 Å². The molecule has 1 heterocycles. The maximum Gasteiger partial charge on any atom is 0.0309 e. The molecule has 0 radical (unpaired) electrons. The van der Waals surface area contributed by atoms with Crippen molar-refractivity contribution in [2.45, 2.75) is 76.9 Å². The topological polar surface area (TPSA) is 15.3 Å². The zero-order valence-electron chi connectivity index (χ0n) is 11.3. The molecule has 0 aromatic carbocycles. The Hall–Kier alpha value is -0.0800. The molecule has 0 aromatic heterocycles. The summed E-state index contributed by atoms with van der Waals surface area (Å²) in [6, 6.07) is 1.50. The second-order valence-electron chi connectivity index (χ2n) is 5.98. The fourth-order valence-corrected chi connectivity index (χ4v) is 3.48. The van der Waals surface area contributed by atoms with Gasteiger partial charge >= 0.3 is 0 Å². The minimum absolute atomic E-state index is 0.466. The summed E-state index contributed by atoms with van der Waals surface area (Å²) in [7, 11) is 0. The van der Waals surface area contributed by atoms with Crippen LogP contribution < -0.4 is 5.32 Å². The number of nitrogens with zero attached hydrogens (tertiary/aromatic N) is 1. The number of hydrogen-bond acceptors (Lipinski definition) is 2. The average Bonchev–Trinajstić information content (AvgIpc) is 2.66. The van der Waals surface area contributed by atoms with Crippen LogP contribution in [0.4, 0.5) is 0 Å². The van der Waals surface area contributed by atoms with E-state index in [0.717, 1.165) is 12.1 Å². The molecular weight excluding hydrogens is 196 g/mol. The van der Waals surface area contributed by atoms with Crippen molar-refractivity contribution >= 4 is 0 Å². The SMILES string of the molecule is CCC(C)N1CC2(CCCC2)NCCC1C. The van der Waals surface area contributed by atoms with Gasteiger partial charge in [-0.1, -0.05) is 19.8 Å². The molecule has 1 aliphatic heterocycles. The Labute approximate surface area is 101 Å². The first kappa shape index (κ1) is 12.4. The number of hydrogen-bond donors (Lipinski definition) is 1. The molecule has 1 N–H and O–H groups in total. The van der Waals surface area contributed by atoms with Crippen molar-refractivity contribution < 1.29 is 0 Å². The van der Waals surface area contributed by atoms with Crippen molar-refractivity contribution in [2.75, 3.05) is 13.1 Å². The van der Waals surface area contributed by atoms with E-state index in [9.17, 15) is 0 Å². The van der Waals surface area contributed by atoms with Gasteiger partial charge in [0.1, 0.15) is 0 Å². The van der Waals surface area contributed by atoms with Crippen molar-refractivity contribution in [1.82, 2.24) is 10.2 Å². The Morgan fingerprint density at radius 2 is 2.06 bits per heavy atom. The lowest BCUT2D eigenvalue weighted by atomic mass is 9.96. The second-order valence-corrected chi connectivity index (χ2v) is 5.98. The second kappa shape index (κ2) is 5.05. The van der Waals surface area contributed by atoms with Crippen molar-refractivity contribution in [3.63, 3.8) is 0 Å². The molecule has 1 saturated carbocycles. The Kier molecular flexibility index (Phi) is 3.91. The van der Waals surface area contributed by atoms with Gasteiger partial charge in [0.15, 0.2) is 0 Å². The maximum atomic E-state index is 3.85. The van der Waals surface area contributed by atoms with E-state index in [1.165, 1.54) is 51.6 Å². The van der Waals surface area contributed by atoms with Gasteiger partial charge < -0.3 is 5.32 Å². The lowest BCUT2D eigenvalue weighted by Crippen LogP contribution is -2.52. The summed E-state index contributed by atoms with van der Waals surface area (Å²) in [6.45, 7) is 9.61. The molecule has 1 saturated heterocycles. The summed E-state index contributed by atoms with van der Waals surface area (Å²) >= 11 is 0. The molecule has 2 rings (SSSR count). The summed E-state index contributed by atoms with van der Waals surface area (Å²) in [4.78, 5) is 2.76. The van der Waals surface area contributed by atoms with Gasteiger partial charge in [-0.05, 0) is 46.1 Å². The highest BCUT2D eigenvalue weighted by atomic mass is 15.2. The zero-order valence-corrected chi connectivity index (χ0v) is 11.3. The highest BCUT2D eigenvalue weighted by molar-refractivity contribution is 4.99. The molecule has 16 heavy (non-hydrogen) atoms. The van der Waals surface area contributed by atoms with Gasteiger partial charge in [0, 0.05) is 24.2 Å². The van der Waals surface area contributed by atoms with Crippen LogP contribution in [0.1, 0.15) is 59.3 Å². The molecule has 2 atom stereocenters. The van der Waals surface area contributed by atoms with E-state index in [2.05, 4.69) is 31.0 Å². The van der Waals surface area contributed by atoms with Gasteiger partial charge in [-0.25, -0.2) is 0 Å². The molecule has 1 aliphatic carbocycles. The Morgan fingerprint density at radius 1 is 1.38 bits per heavy atom. The quantitative estimate of drug-likeness (QED) is 0.776. The third-order valence-electron chi connectivity index (χ3n) is 4.83. The Morgan fingerprint density at radius 3 is 2.69 bits per heavy atom. The van der Waals surface area contributed by atoms with Crippen molar-refractivity contribution in [2.24, 2.45) is 0 Å². The molecule has 1 spiro atoms. The van der Waals surface area contributed by atoms with E-state index in [1.54, 1.807) is 0 Å². The fourth-order valence-electron chi connectivity index (χ4n) is 3.48. The van der Waals surface area contributed by atoms with E-state index in [0.29, 0.717) is 5.54 Å². The van der Waals surface area contributed by atoms with Gasteiger partial charge in [-0.2, -0.15) is 0 Å². The molecule has 0 bridgehead atoms. The highest BCUT2D eigenvalue weighted by Crippen LogP contribution is 2.33. The lowest BCUT2D eigenvalue weighted by molar-refractivity contribution is 0.120. The predicted molar refractivity (Wildman–Crippen MR) is 69.7 cm³/mol. The van der Waals surface area contributed by atoms with E-state index < -0.39 is 0 Å². The highest BCUT2D eigenvalue weighted by Gasteiger charge is 2.38. The Bertz CT molecular complexity index is 221. The maximum absolute atomic E-state index is 3.85. The molecule has 2 heteroatoms. The van der Waals surface area contributed by atoms with Crippen molar-refractivity contribution in [3.05, 3.63) is 0 Å². The third kappa shape index (κ3) is 2.43. The van der Waals surface area contributed by atoms with E-state index in [4.69, 9.17) is 0 Å². The van der Waals surface area contributed by atoms with Crippen LogP contribution in [-0.2, 0) is 0 Å². The molecule has 94 valence electrons. The van der Waals surface area contributed by atoms with Crippen molar-refractivity contribution in [3.8, 4) is 0 Å². The molecule has 0 aromatic rings. The summed E-state index contributed by atoms with van der Waals surface area (Å²) in [5.41, 5.74) is 0.466. The smallest absolute Gasteiger partial charge is 0.0309 e. The normalized spacial score (nSPS) is 32.8. The van der Waals surface area contributed by atoms with Crippen LogP contribution in [0.5, 0.6) is 0 Å². The minimum atomic E-state index is 0.466. The van der Waals surface area contributed by atoms with Crippen LogP contribution in [0.15, 0.2) is 0 Å². The van der Waals surface area contributed by atoms with Gasteiger partial charge in [0.05, 0.1) is 0 Å². The molecule has 2 nitrogen and oxygen atoms in total. The van der Waals surface area contributed by atoms with Crippen LogP contribution >= 0.6 is 0 Å². The summed E-state index contributed by atoms with van der Waals surface area (Å²) in [6.07, 6.45) is 8.23. The molecule has 2 aliphatic rings. The third-order valence-corrected chi connectivity index (χ3v) is 4.83. The molecule has 2 fully saturated rings. The standard InChI is InChI=1S/C14H28N2/c1-4-12(2)16-11-14(8-5-6-9-14)15-10-7-13(16)3/h12-13,15H,4-11H2,1-3H3. The Balaban J connectivity index is 2.09. The van der Waals surface area contributed by atoms with Crippen LogP contribution in [0, 0.1) is 0 Å². The first-order chi connectivity index (χ1) is 7.67. The fraction of sp³-hybridized carbons (Fsp3) is 1.00. The first-order valence-electron chi connectivity index (χ1n) is 7.18. The largest absolute Gasteiger partial charge is 0.310 e. The van der Waals surface area contributed by atoms with Gasteiger partial charge in [-0.3, -0.25) is 4.90 Å². The van der Waals surface area contributed by atoms with E-state index in [-0.39, 0.29) is 0 Å². The number of rotatable bonds is 2. The summed E-state index contributed by atoms with van der Waals surface area (Å²) in [5.74, 6) is 0. The van der Waals surface area contributed by atoms with Crippen LogP contribution in [0.3, 0.4) is 0 Å². The molecule has 0 amide bonds. The van der Waals surface area contributed by atoms with Crippen LogP contribution in [0.2, 0.25) is 0 Å². The average molecular weight is 224 g/mol. The molecular formula is C14H28N2.